The van der Waals surface area contributed by atoms with Crippen molar-refractivity contribution in [2.45, 2.75) is 13.0 Å². The second-order valence-corrected chi connectivity index (χ2v) is 4.79. The van der Waals surface area contributed by atoms with Crippen LogP contribution in [0.25, 0.3) is 0 Å². The second-order valence-electron chi connectivity index (χ2n) is 4.36. The van der Waals surface area contributed by atoms with Gasteiger partial charge >= 0.3 is 0 Å². The van der Waals surface area contributed by atoms with Gasteiger partial charge in [-0.05, 0) is 42.8 Å². The molecule has 0 unspecified atom stereocenters. The first-order valence-electron chi connectivity index (χ1n) is 6.15. The quantitative estimate of drug-likeness (QED) is 0.913. The van der Waals surface area contributed by atoms with E-state index in [0.717, 1.165) is 5.56 Å². The summed E-state index contributed by atoms with van der Waals surface area (Å²) < 4.78 is 32.4. The summed E-state index contributed by atoms with van der Waals surface area (Å²) in [6, 6.07) is 8.69. The van der Waals surface area contributed by atoms with Crippen LogP contribution in [0, 0.1) is 11.6 Å². The second kappa shape index (κ2) is 6.68. The highest BCUT2D eigenvalue weighted by Gasteiger charge is 2.06. The van der Waals surface area contributed by atoms with E-state index in [0.29, 0.717) is 29.3 Å². The van der Waals surface area contributed by atoms with Gasteiger partial charge in [-0.1, -0.05) is 17.7 Å². The van der Waals surface area contributed by atoms with E-state index in [1.54, 1.807) is 12.1 Å². The largest absolute Gasteiger partial charge is 0.489 e. The predicted octanol–water partition coefficient (Wildman–Crippen LogP) is 3.70. The molecule has 2 nitrogen and oxygen atoms in total. The van der Waals surface area contributed by atoms with E-state index in [9.17, 15) is 8.78 Å². The van der Waals surface area contributed by atoms with Gasteiger partial charge in [0.05, 0.1) is 0 Å². The van der Waals surface area contributed by atoms with Crippen LogP contribution in [0.5, 0.6) is 5.75 Å². The van der Waals surface area contributed by atoms with E-state index in [-0.39, 0.29) is 6.61 Å². The molecule has 0 atom stereocenters. The Morgan fingerprint density at radius 2 is 1.90 bits per heavy atom. The van der Waals surface area contributed by atoms with Gasteiger partial charge in [-0.25, -0.2) is 8.78 Å². The van der Waals surface area contributed by atoms with E-state index in [1.807, 2.05) is 0 Å². The molecular weight excluding hydrogens is 284 g/mol. The highest BCUT2D eigenvalue weighted by molar-refractivity contribution is 6.30. The molecule has 0 radical (unpaired) electrons. The van der Waals surface area contributed by atoms with Crippen molar-refractivity contribution in [3.63, 3.8) is 0 Å². The Kier molecular flexibility index (Phi) is 4.93. The zero-order valence-corrected chi connectivity index (χ0v) is 11.5. The van der Waals surface area contributed by atoms with Gasteiger partial charge in [-0.3, -0.25) is 0 Å². The SMILES string of the molecule is NCCc1cc(F)cc(OCc2ccc(Cl)cc2F)c1. The molecule has 2 rings (SSSR count). The molecule has 0 heterocycles. The average molecular weight is 298 g/mol. The van der Waals surface area contributed by atoms with E-state index in [2.05, 4.69) is 0 Å². The van der Waals surface area contributed by atoms with E-state index in [1.165, 1.54) is 24.3 Å². The molecule has 20 heavy (non-hydrogen) atoms. The number of ether oxygens (including phenoxy) is 1. The van der Waals surface area contributed by atoms with Crippen LogP contribution in [0.3, 0.4) is 0 Å². The molecule has 5 heteroatoms. The van der Waals surface area contributed by atoms with Crippen LogP contribution in [0.1, 0.15) is 11.1 Å². The molecule has 106 valence electrons. The minimum Gasteiger partial charge on any atom is -0.489 e. The maximum atomic E-state index is 13.6. The Labute approximate surface area is 121 Å². The number of benzene rings is 2. The lowest BCUT2D eigenvalue weighted by molar-refractivity contribution is 0.298. The maximum Gasteiger partial charge on any atom is 0.131 e. The zero-order valence-electron chi connectivity index (χ0n) is 10.7. The summed E-state index contributed by atoms with van der Waals surface area (Å²) in [5.74, 6) is -0.499. The fraction of sp³-hybridized carbons (Fsp3) is 0.200. The summed E-state index contributed by atoms with van der Waals surface area (Å²) in [5, 5.41) is 0.322. The van der Waals surface area contributed by atoms with Gasteiger partial charge < -0.3 is 10.5 Å². The Morgan fingerprint density at radius 3 is 2.60 bits per heavy atom. The summed E-state index contributed by atoms with van der Waals surface area (Å²) in [4.78, 5) is 0. The molecule has 0 aliphatic carbocycles. The van der Waals surface area contributed by atoms with Gasteiger partial charge in [-0.2, -0.15) is 0 Å². The standard InChI is InChI=1S/C15H14ClF2NO/c16-12-2-1-11(15(18)7-12)9-20-14-6-10(3-4-19)5-13(17)8-14/h1-2,5-8H,3-4,9,19H2. The van der Waals surface area contributed by atoms with Gasteiger partial charge in [0.25, 0.3) is 0 Å². The lowest BCUT2D eigenvalue weighted by atomic mass is 10.1. The van der Waals surface area contributed by atoms with Crippen molar-refractivity contribution >= 4 is 11.6 Å². The summed E-state index contributed by atoms with van der Waals surface area (Å²) in [6.45, 7) is 0.434. The van der Waals surface area contributed by atoms with Crippen LogP contribution in [0.2, 0.25) is 5.02 Å². The number of hydrogen-bond donors (Lipinski definition) is 1. The van der Waals surface area contributed by atoms with Crippen LogP contribution in [-0.4, -0.2) is 6.54 Å². The third-order valence-electron chi connectivity index (χ3n) is 2.77. The average Bonchev–Trinajstić information content (AvgIpc) is 2.37. The van der Waals surface area contributed by atoms with Gasteiger partial charge in [0.1, 0.15) is 24.0 Å². The van der Waals surface area contributed by atoms with Gasteiger partial charge in [0.2, 0.25) is 0 Å². The summed E-state index contributed by atoms with van der Waals surface area (Å²) in [7, 11) is 0. The molecule has 2 N–H and O–H groups in total. The van der Waals surface area contributed by atoms with E-state index < -0.39 is 11.6 Å². The monoisotopic (exact) mass is 297 g/mol. The Bertz CT molecular complexity index is 604. The molecule has 2 aromatic carbocycles. The van der Waals surface area contributed by atoms with Crippen molar-refractivity contribution in [1.29, 1.82) is 0 Å². The van der Waals surface area contributed by atoms with Crippen LogP contribution >= 0.6 is 11.6 Å². The molecular formula is C15H14ClF2NO. The lowest BCUT2D eigenvalue weighted by Gasteiger charge is -2.09. The Morgan fingerprint density at radius 1 is 1.10 bits per heavy atom. The minimum absolute atomic E-state index is 0.00845. The zero-order chi connectivity index (χ0) is 14.5. The van der Waals surface area contributed by atoms with Crippen LogP contribution in [-0.2, 0) is 13.0 Å². The molecule has 0 saturated heterocycles. The summed E-state index contributed by atoms with van der Waals surface area (Å²) in [5.41, 5.74) is 6.54. The maximum absolute atomic E-state index is 13.6. The Balaban J connectivity index is 2.10. The number of nitrogens with two attached hydrogens (primary N) is 1. The normalized spacial score (nSPS) is 10.6. The van der Waals surface area contributed by atoms with Crippen molar-refractivity contribution in [2.24, 2.45) is 5.73 Å². The van der Waals surface area contributed by atoms with E-state index >= 15 is 0 Å². The third-order valence-corrected chi connectivity index (χ3v) is 3.01. The Hall–Kier alpha value is -1.65. The lowest BCUT2D eigenvalue weighted by Crippen LogP contribution is -2.04. The molecule has 0 spiro atoms. The van der Waals surface area contributed by atoms with Gasteiger partial charge in [-0.15, -0.1) is 0 Å². The first-order chi connectivity index (χ1) is 9.58. The fourth-order valence-corrected chi connectivity index (χ4v) is 1.97. The minimum atomic E-state index is -0.448. The van der Waals surface area contributed by atoms with Crippen LogP contribution in [0.15, 0.2) is 36.4 Å². The van der Waals surface area contributed by atoms with Crippen molar-refractivity contribution < 1.29 is 13.5 Å². The summed E-state index contributed by atoms with van der Waals surface area (Å²) in [6.07, 6.45) is 0.559. The van der Waals surface area contributed by atoms with Crippen LogP contribution in [0.4, 0.5) is 8.78 Å². The smallest absolute Gasteiger partial charge is 0.131 e. The van der Waals surface area contributed by atoms with Crippen molar-refractivity contribution in [1.82, 2.24) is 0 Å². The first kappa shape index (κ1) is 14.8. The van der Waals surface area contributed by atoms with Gasteiger partial charge in [0.15, 0.2) is 0 Å². The van der Waals surface area contributed by atoms with Crippen LogP contribution < -0.4 is 10.5 Å². The first-order valence-corrected chi connectivity index (χ1v) is 6.52. The number of halogens is 3. The highest BCUT2D eigenvalue weighted by Crippen LogP contribution is 2.20. The van der Waals surface area contributed by atoms with Crippen molar-refractivity contribution in [3.8, 4) is 5.75 Å². The molecule has 0 aliphatic heterocycles. The predicted molar refractivity (Wildman–Crippen MR) is 74.9 cm³/mol. The topological polar surface area (TPSA) is 35.2 Å². The highest BCUT2D eigenvalue weighted by atomic mass is 35.5. The fourth-order valence-electron chi connectivity index (χ4n) is 1.81. The number of rotatable bonds is 5. The molecule has 0 aliphatic rings. The summed E-state index contributed by atoms with van der Waals surface area (Å²) >= 11 is 5.67. The molecule has 2 aromatic rings. The number of hydrogen-bond acceptors (Lipinski definition) is 2. The van der Waals surface area contributed by atoms with E-state index in [4.69, 9.17) is 22.1 Å². The molecule has 0 aromatic heterocycles. The third kappa shape index (κ3) is 3.92. The van der Waals surface area contributed by atoms with Crippen molar-refractivity contribution in [2.75, 3.05) is 6.54 Å². The molecule has 0 bridgehead atoms. The molecule has 0 saturated carbocycles. The molecule has 0 fully saturated rings. The van der Waals surface area contributed by atoms with Crippen molar-refractivity contribution in [3.05, 3.63) is 64.2 Å². The molecule has 0 amide bonds. The van der Waals surface area contributed by atoms with Gasteiger partial charge in [0, 0.05) is 16.7 Å².